The number of nitrogens with zero attached hydrogens (tertiary/aromatic N) is 2. The third kappa shape index (κ3) is 2.33. The van der Waals surface area contributed by atoms with E-state index in [1.807, 2.05) is 29.9 Å². The van der Waals surface area contributed by atoms with Crippen molar-refractivity contribution in [3.05, 3.63) is 18.3 Å². The summed E-state index contributed by atoms with van der Waals surface area (Å²) in [6.45, 7) is 1.91. The van der Waals surface area contributed by atoms with Crippen LogP contribution in [0.2, 0.25) is 0 Å². The minimum Gasteiger partial charge on any atom is -0.495 e. The first-order valence-corrected chi connectivity index (χ1v) is 7.03. The smallest absolute Gasteiger partial charge is 0.144 e. The lowest BCUT2D eigenvalue weighted by molar-refractivity contribution is 0.00860. The highest BCUT2D eigenvalue weighted by molar-refractivity contribution is 5.84. The number of hydrogen-bond acceptors (Lipinski definition) is 4. The Bertz CT molecular complexity index is 623. The topological polar surface area (TPSA) is 73.3 Å². The number of hydrogen-bond donors (Lipinski definition) is 2. The number of anilines is 1. The van der Waals surface area contributed by atoms with Gasteiger partial charge in [-0.2, -0.15) is 5.10 Å². The molecule has 0 amide bonds. The Balaban J connectivity index is 1.90. The van der Waals surface area contributed by atoms with Crippen LogP contribution in [-0.2, 0) is 0 Å². The van der Waals surface area contributed by atoms with Crippen molar-refractivity contribution in [1.82, 2.24) is 9.78 Å². The number of fused-ring (bicyclic) bond motifs is 1. The van der Waals surface area contributed by atoms with Crippen LogP contribution in [-0.4, -0.2) is 27.6 Å². The fourth-order valence-electron chi connectivity index (χ4n) is 2.94. The second-order valence-electron chi connectivity index (χ2n) is 5.99. The van der Waals surface area contributed by atoms with Gasteiger partial charge in [-0.3, -0.25) is 4.68 Å². The minimum atomic E-state index is -0.517. The second-order valence-corrected chi connectivity index (χ2v) is 5.99. The Morgan fingerprint density at radius 3 is 2.75 bits per heavy atom. The molecule has 0 saturated heterocycles. The van der Waals surface area contributed by atoms with E-state index in [0.717, 1.165) is 36.6 Å². The van der Waals surface area contributed by atoms with Crippen LogP contribution in [0.15, 0.2) is 18.3 Å². The standard InChI is InChI=1S/C15H21N3O2/c1-15(19)5-3-11(4-6-15)18-9-10-7-12(16)14(20-2)8-13(10)17-18/h7-9,11,19H,3-6,16H2,1-2H3. The molecule has 0 atom stereocenters. The average Bonchev–Trinajstić information content (AvgIpc) is 2.80. The maximum absolute atomic E-state index is 10.0. The summed E-state index contributed by atoms with van der Waals surface area (Å²) >= 11 is 0. The van der Waals surface area contributed by atoms with Crippen molar-refractivity contribution in [3.8, 4) is 5.75 Å². The van der Waals surface area contributed by atoms with Crippen molar-refractivity contribution in [2.45, 2.75) is 44.2 Å². The molecule has 0 bridgehead atoms. The predicted octanol–water partition coefficient (Wildman–Crippen LogP) is 2.49. The van der Waals surface area contributed by atoms with Crippen molar-refractivity contribution in [3.63, 3.8) is 0 Å². The first-order chi connectivity index (χ1) is 9.48. The zero-order chi connectivity index (χ0) is 14.3. The number of benzene rings is 1. The molecule has 3 rings (SSSR count). The van der Waals surface area contributed by atoms with Crippen molar-refractivity contribution in [2.75, 3.05) is 12.8 Å². The van der Waals surface area contributed by atoms with Crippen LogP contribution in [0.1, 0.15) is 38.6 Å². The lowest BCUT2D eigenvalue weighted by Crippen LogP contribution is -2.31. The fourth-order valence-corrected chi connectivity index (χ4v) is 2.94. The maximum Gasteiger partial charge on any atom is 0.144 e. The van der Waals surface area contributed by atoms with E-state index in [9.17, 15) is 5.11 Å². The van der Waals surface area contributed by atoms with E-state index < -0.39 is 5.60 Å². The van der Waals surface area contributed by atoms with Gasteiger partial charge < -0.3 is 15.6 Å². The van der Waals surface area contributed by atoms with Crippen LogP contribution in [0.25, 0.3) is 10.9 Å². The molecule has 1 aromatic carbocycles. The molecule has 1 aliphatic carbocycles. The number of aromatic nitrogens is 2. The van der Waals surface area contributed by atoms with Crippen LogP contribution in [0, 0.1) is 0 Å². The summed E-state index contributed by atoms with van der Waals surface area (Å²) in [6, 6.07) is 4.13. The lowest BCUT2D eigenvalue weighted by Gasteiger charge is -2.33. The Kier molecular flexibility index (Phi) is 3.09. The van der Waals surface area contributed by atoms with Gasteiger partial charge in [-0.25, -0.2) is 0 Å². The summed E-state index contributed by atoms with van der Waals surface area (Å²) in [4.78, 5) is 0. The Labute approximate surface area is 118 Å². The molecule has 0 unspecified atom stereocenters. The van der Waals surface area contributed by atoms with Crippen molar-refractivity contribution in [2.24, 2.45) is 0 Å². The molecular formula is C15H21N3O2. The van der Waals surface area contributed by atoms with Gasteiger partial charge in [0.15, 0.2) is 0 Å². The number of aliphatic hydroxyl groups is 1. The van der Waals surface area contributed by atoms with Crippen molar-refractivity contribution < 1.29 is 9.84 Å². The number of ether oxygens (including phenoxy) is 1. The molecular weight excluding hydrogens is 254 g/mol. The van der Waals surface area contributed by atoms with Gasteiger partial charge in [0.25, 0.3) is 0 Å². The first kappa shape index (κ1) is 13.2. The van der Waals surface area contributed by atoms with E-state index >= 15 is 0 Å². The molecule has 0 aliphatic heterocycles. The maximum atomic E-state index is 10.0. The van der Waals surface area contributed by atoms with Crippen molar-refractivity contribution >= 4 is 16.6 Å². The largest absolute Gasteiger partial charge is 0.495 e. The molecule has 5 heteroatoms. The van der Waals surface area contributed by atoms with Gasteiger partial charge in [0.2, 0.25) is 0 Å². The Hall–Kier alpha value is -1.75. The summed E-state index contributed by atoms with van der Waals surface area (Å²) in [6.07, 6.45) is 5.58. The molecule has 1 aliphatic rings. The molecule has 0 radical (unpaired) electrons. The second kappa shape index (κ2) is 4.66. The SMILES string of the molecule is COc1cc2nn(C3CCC(C)(O)CC3)cc2cc1N. The molecule has 20 heavy (non-hydrogen) atoms. The van der Waals surface area contributed by atoms with Crippen LogP contribution in [0.3, 0.4) is 0 Å². The highest BCUT2D eigenvalue weighted by atomic mass is 16.5. The normalized spacial score (nSPS) is 26.9. The third-order valence-corrected chi connectivity index (χ3v) is 4.28. The number of nitrogens with two attached hydrogens (primary N) is 1. The van der Waals surface area contributed by atoms with Gasteiger partial charge in [-0.1, -0.05) is 0 Å². The quantitative estimate of drug-likeness (QED) is 0.826. The van der Waals surface area contributed by atoms with Crippen molar-refractivity contribution in [1.29, 1.82) is 0 Å². The summed E-state index contributed by atoms with van der Waals surface area (Å²) in [5, 5.41) is 15.7. The van der Waals surface area contributed by atoms with Gasteiger partial charge in [-0.05, 0) is 38.7 Å². The minimum absolute atomic E-state index is 0.356. The molecule has 3 N–H and O–H groups in total. The van der Waals surface area contributed by atoms with E-state index in [0.29, 0.717) is 17.5 Å². The van der Waals surface area contributed by atoms with Gasteiger partial charge in [0.1, 0.15) is 5.75 Å². The summed E-state index contributed by atoms with van der Waals surface area (Å²) in [5.41, 5.74) is 6.94. The zero-order valence-electron chi connectivity index (χ0n) is 12.0. The van der Waals surface area contributed by atoms with E-state index in [4.69, 9.17) is 10.5 Å². The van der Waals surface area contributed by atoms with Gasteiger partial charge in [0, 0.05) is 17.6 Å². The molecule has 1 saturated carbocycles. The molecule has 0 spiro atoms. The van der Waals surface area contributed by atoms with Crippen LogP contribution in [0.4, 0.5) is 5.69 Å². The van der Waals surface area contributed by atoms with Gasteiger partial charge in [0.05, 0.1) is 30.0 Å². The zero-order valence-corrected chi connectivity index (χ0v) is 12.0. The molecule has 1 aromatic heterocycles. The van der Waals surface area contributed by atoms with E-state index in [2.05, 4.69) is 5.10 Å². The van der Waals surface area contributed by atoms with Crippen LogP contribution >= 0.6 is 0 Å². The third-order valence-electron chi connectivity index (χ3n) is 4.28. The van der Waals surface area contributed by atoms with Crippen LogP contribution < -0.4 is 10.5 Å². The van der Waals surface area contributed by atoms with E-state index in [1.54, 1.807) is 7.11 Å². The molecule has 108 valence electrons. The predicted molar refractivity (Wildman–Crippen MR) is 78.8 cm³/mol. The molecule has 2 aromatic rings. The summed E-state index contributed by atoms with van der Waals surface area (Å²) in [5.74, 6) is 0.661. The van der Waals surface area contributed by atoms with Gasteiger partial charge >= 0.3 is 0 Å². The monoisotopic (exact) mass is 275 g/mol. The highest BCUT2D eigenvalue weighted by Gasteiger charge is 2.29. The molecule has 1 heterocycles. The summed E-state index contributed by atoms with van der Waals surface area (Å²) in [7, 11) is 1.61. The van der Waals surface area contributed by atoms with E-state index in [-0.39, 0.29) is 0 Å². The molecule has 5 nitrogen and oxygen atoms in total. The first-order valence-electron chi connectivity index (χ1n) is 7.03. The fraction of sp³-hybridized carbons (Fsp3) is 0.533. The van der Waals surface area contributed by atoms with Crippen LogP contribution in [0.5, 0.6) is 5.75 Å². The highest BCUT2D eigenvalue weighted by Crippen LogP contribution is 2.35. The van der Waals surface area contributed by atoms with Gasteiger partial charge in [-0.15, -0.1) is 0 Å². The number of rotatable bonds is 2. The summed E-state index contributed by atoms with van der Waals surface area (Å²) < 4.78 is 7.24. The lowest BCUT2D eigenvalue weighted by atomic mass is 9.84. The Morgan fingerprint density at radius 2 is 2.10 bits per heavy atom. The number of nitrogen functional groups attached to an aromatic ring is 1. The molecule has 1 fully saturated rings. The number of methoxy groups -OCH3 is 1. The Morgan fingerprint density at radius 1 is 1.40 bits per heavy atom. The average molecular weight is 275 g/mol. The van der Waals surface area contributed by atoms with E-state index in [1.165, 1.54) is 0 Å².